The molecule has 114 valence electrons. The van der Waals surface area contributed by atoms with E-state index >= 15 is 0 Å². The Bertz CT molecular complexity index is 190. The highest BCUT2D eigenvalue weighted by atomic mass is 31.2. The van der Waals surface area contributed by atoms with E-state index in [4.69, 9.17) is 0 Å². The molecule has 0 bridgehead atoms. The van der Waals surface area contributed by atoms with E-state index in [-0.39, 0.29) is 0 Å². The van der Waals surface area contributed by atoms with Crippen LogP contribution in [0.4, 0.5) is 0 Å². The Balaban J connectivity index is 2.73. The lowest BCUT2D eigenvalue weighted by Crippen LogP contribution is -2.34. The molecule has 0 unspecified atom stereocenters. The summed E-state index contributed by atoms with van der Waals surface area (Å²) in [7, 11) is -0.788. The number of unbranched alkanes of at least 4 members (excludes halogenated alkanes) is 3. The van der Waals surface area contributed by atoms with Crippen molar-refractivity contribution in [2.75, 3.05) is 31.6 Å². The maximum atomic E-state index is 3.01. The zero-order valence-electron chi connectivity index (χ0n) is 13.8. The van der Waals surface area contributed by atoms with E-state index in [0.717, 1.165) is 0 Å². The second kappa shape index (κ2) is 10.2. The van der Waals surface area contributed by atoms with Crippen LogP contribution in [0.25, 0.3) is 0 Å². The van der Waals surface area contributed by atoms with Crippen LogP contribution in [-0.2, 0) is 0 Å². The minimum absolute atomic E-state index is 0.788. The molecular formula is C17H37NP+. The van der Waals surface area contributed by atoms with Gasteiger partial charge < -0.3 is 0 Å². The molecule has 0 aromatic rings. The summed E-state index contributed by atoms with van der Waals surface area (Å²) in [6.45, 7) is 9.94. The summed E-state index contributed by atoms with van der Waals surface area (Å²) in [4.78, 5) is 0. The van der Waals surface area contributed by atoms with Crippen LogP contribution >= 0.6 is 7.41 Å². The summed E-state index contributed by atoms with van der Waals surface area (Å²) in [6, 6.07) is 0. The van der Waals surface area contributed by atoms with Crippen molar-refractivity contribution in [3.05, 3.63) is 0 Å². The third-order valence-corrected chi connectivity index (χ3v) is 9.76. The Hall–Kier alpha value is 0.390. The minimum Gasteiger partial charge on any atom is -0.180 e. The molecule has 0 atom stereocenters. The number of hydrogen-bond acceptors (Lipinski definition) is 1. The van der Waals surface area contributed by atoms with Gasteiger partial charge in [-0.15, -0.1) is 0 Å². The Morgan fingerprint density at radius 3 is 1.47 bits per heavy atom. The molecule has 0 aromatic heterocycles. The van der Waals surface area contributed by atoms with Gasteiger partial charge >= 0.3 is 0 Å². The van der Waals surface area contributed by atoms with Crippen molar-refractivity contribution < 1.29 is 0 Å². The molecule has 1 nitrogen and oxygen atoms in total. The molecule has 0 aliphatic carbocycles. The second-order valence-electron chi connectivity index (χ2n) is 6.34. The molecule has 0 aromatic carbocycles. The van der Waals surface area contributed by atoms with Gasteiger partial charge in [-0.1, -0.05) is 46.5 Å². The van der Waals surface area contributed by atoms with Crippen molar-refractivity contribution in [2.45, 2.75) is 78.6 Å². The fraction of sp³-hybridized carbons (Fsp3) is 1.00. The van der Waals surface area contributed by atoms with Crippen LogP contribution in [0.3, 0.4) is 0 Å². The van der Waals surface area contributed by atoms with Crippen LogP contribution < -0.4 is 0 Å². The second-order valence-corrected chi connectivity index (χ2v) is 10.4. The van der Waals surface area contributed by atoms with Gasteiger partial charge in [0, 0.05) is 13.1 Å². The van der Waals surface area contributed by atoms with Crippen molar-refractivity contribution >= 4 is 7.41 Å². The van der Waals surface area contributed by atoms with E-state index in [0.29, 0.717) is 0 Å². The monoisotopic (exact) mass is 286 g/mol. The summed E-state index contributed by atoms with van der Waals surface area (Å²) in [5, 5.41) is 0. The molecule has 0 spiro atoms. The van der Waals surface area contributed by atoms with E-state index < -0.39 is 7.41 Å². The quantitative estimate of drug-likeness (QED) is 0.458. The molecule has 1 fully saturated rings. The molecule has 1 heterocycles. The van der Waals surface area contributed by atoms with Gasteiger partial charge in [-0.25, -0.2) is 0 Å². The summed E-state index contributed by atoms with van der Waals surface area (Å²) in [5.41, 5.74) is 0. The van der Waals surface area contributed by atoms with Crippen LogP contribution in [0, 0.1) is 0 Å². The van der Waals surface area contributed by atoms with Gasteiger partial charge in [-0.2, -0.15) is 4.67 Å². The molecule has 2 heteroatoms. The minimum atomic E-state index is -0.788. The Kier molecular flexibility index (Phi) is 9.33. The van der Waals surface area contributed by atoms with E-state index in [1.807, 2.05) is 0 Å². The van der Waals surface area contributed by atoms with Gasteiger partial charge in [0.05, 0.1) is 25.9 Å². The van der Waals surface area contributed by atoms with E-state index in [1.54, 1.807) is 18.5 Å². The number of piperidine rings is 1. The molecule has 0 radical (unpaired) electrons. The van der Waals surface area contributed by atoms with Crippen LogP contribution in [0.2, 0.25) is 0 Å². The smallest absolute Gasteiger partial charge is 0.0831 e. The van der Waals surface area contributed by atoms with Crippen LogP contribution in [0.5, 0.6) is 0 Å². The largest absolute Gasteiger partial charge is 0.180 e. The van der Waals surface area contributed by atoms with Crippen molar-refractivity contribution in [3.8, 4) is 0 Å². The Labute approximate surface area is 122 Å². The molecular weight excluding hydrogens is 249 g/mol. The predicted octanol–water partition coefficient (Wildman–Crippen LogP) is 5.81. The lowest BCUT2D eigenvalue weighted by molar-refractivity contribution is 0.359. The predicted molar refractivity (Wildman–Crippen MR) is 91.7 cm³/mol. The summed E-state index contributed by atoms with van der Waals surface area (Å²) >= 11 is 0. The standard InChI is InChI=1S/C17H37NP/c1-4-7-15-19(16-8-5-2,17-9-6-3)18-13-11-10-12-14-18/h4-17H2,1-3H3/q+1. The number of rotatable bonds is 10. The highest BCUT2D eigenvalue weighted by molar-refractivity contribution is 7.73. The van der Waals surface area contributed by atoms with Gasteiger partial charge in [0.15, 0.2) is 0 Å². The first-order valence-corrected chi connectivity index (χ1v) is 11.2. The first kappa shape index (κ1) is 17.4. The molecule has 1 saturated heterocycles. The highest BCUT2D eigenvalue weighted by Gasteiger charge is 2.42. The fourth-order valence-electron chi connectivity index (χ4n) is 3.42. The van der Waals surface area contributed by atoms with Gasteiger partial charge in [0.2, 0.25) is 0 Å². The molecule has 0 N–H and O–H groups in total. The van der Waals surface area contributed by atoms with Gasteiger partial charge in [0.25, 0.3) is 0 Å². The third kappa shape index (κ3) is 5.72. The number of nitrogens with zero attached hydrogens (tertiary/aromatic N) is 1. The SMILES string of the molecule is CCCC[P+](CCCC)(CCCC)N1CCCCC1. The maximum absolute atomic E-state index is 3.01. The normalized spacial score (nSPS) is 17.8. The third-order valence-electron chi connectivity index (χ3n) is 4.72. The van der Waals surface area contributed by atoms with E-state index in [2.05, 4.69) is 25.4 Å². The molecule has 1 aliphatic rings. The van der Waals surface area contributed by atoms with Gasteiger partial charge in [-0.3, -0.25) is 0 Å². The zero-order chi connectivity index (χ0) is 14.0. The molecule has 19 heavy (non-hydrogen) atoms. The lowest BCUT2D eigenvalue weighted by Gasteiger charge is -2.39. The van der Waals surface area contributed by atoms with Gasteiger partial charge in [-0.05, 0) is 32.1 Å². The van der Waals surface area contributed by atoms with Gasteiger partial charge in [0.1, 0.15) is 0 Å². The van der Waals surface area contributed by atoms with Crippen molar-refractivity contribution in [1.82, 2.24) is 4.67 Å². The van der Waals surface area contributed by atoms with Crippen LogP contribution in [-0.4, -0.2) is 36.2 Å². The average Bonchev–Trinajstić information content (AvgIpc) is 2.48. The van der Waals surface area contributed by atoms with Crippen LogP contribution in [0.1, 0.15) is 78.6 Å². The topological polar surface area (TPSA) is 3.24 Å². The molecule has 0 saturated carbocycles. The summed E-state index contributed by atoms with van der Waals surface area (Å²) in [5.74, 6) is 0. The fourth-order valence-corrected chi connectivity index (χ4v) is 8.78. The Morgan fingerprint density at radius 1 is 0.684 bits per heavy atom. The number of hydrogen-bond donors (Lipinski definition) is 0. The summed E-state index contributed by atoms with van der Waals surface area (Å²) < 4.78 is 3.01. The first-order valence-electron chi connectivity index (χ1n) is 8.90. The van der Waals surface area contributed by atoms with E-state index in [9.17, 15) is 0 Å². The maximum Gasteiger partial charge on any atom is 0.0831 e. The van der Waals surface area contributed by atoms with Crippen molar-refractivity contribution in [3.63, 3.8) is 0 Å². The average molecular weight is 286 g/mol. The Morgan fingerprint density at radius 2 is 1.11 bits per heavy atom. The summed E-state index contributed by atoms with van der Waals surface area (Å²) in [6.07, 6.45) is 17.6. The zero-order valence-corrected chi connectivity index (χ0v) is 14.7. The highest BCUT2D eigenvalue weighted by Crippen LogP contribution is 2.64. The van der Waals surface area contributed by atoms with Crippen molar-refractivity contribution in [2.24, 2.45) is 0 Å². The van der Waals surface area contributed by atoms with E-state index in [1.165, 1.54) is 70.9 Å². The lowest BCUT2D eigenvalue weighted by atomic mass is 10.2. The molecule has 1 aliphatic heterocycles. The van der Waals surface area contributed by atoms with Crippen LogP contribution in [0.15, 0.2) is 0 Å². The van der Waals surface area contributed by atoms with Crippen molar-refractivity contribution in [1.29, 1.82) is 0 Å². The molecule has 1 rings (SSSR count). The molecule has 0 amide bonds. The first-order chi connectivity index (χ1) is 9.29.